The highest BCUT2D eigenvalue weighted by Gasteiger charge is 2.15. The Morgan fingerprint density at radius 3 is 2.27 bits per heavy atom. The van der Waals surface area contributed by atoms with Gasteiger partial charge in [0.15, 0.2) is 0 Å². The maximum absolute atomic E-state index is 12.1. The summed E-state index contributed by atoms with van der Waals surface area (Å²) in [4.78, 5) is 32.9. The van der Waals surface area contributed by atoms with Crippen molar-refractivity contribution < 1.29 is 19.6 Å². The number of nitrogens with zero attached hydrogens (tertiary/aromatic N) is 1. The lowest BCUT2D eigenvalue weighted by Crippen LogP contribution is -2.15. The standard InChI is InChI=1S/C14H11N3O5/c18-13(9-4-2-1-3-5-9)15-11-7-6-10(17(21)22)8-12(11)16-14(19)20/h1-8,16H,(H,15,18)(H,19,20). The molecule has 0 aliphatic carbocycles. The summed E-state index contributed by atoms with van der Waals surface area (Å²) in [5.74, 6) is -0.456. The predicted octanol–water partition coefficient (Wildman–Crippen LogP) is 2.94. The lowest BCUT2D eigenvalue weighted by atomic mass is 10.2. The zero-order valence-corrected chi connectivity index (χ0v) is 11.1. The predicted molar refractivity (Wildman–Crippen MR) is 79.1 cm³/mol. The Morgan fingerprint density at radius 2 is 1.68 bits per heavy atom. The van der Waals surface area contributed by atoms with Crippen LogP contribution in [-0.2, 0) is 0 Å². The van der Waals surface area contributed by atoms with Crippen LogP contribution in [0.4, 0.5) is 21.9 Å². The molecule has 0 fully saturated rings. The highest BCUT2D eigenvalue weighted by atomic mass is 16.6. The molecule has 0 atom stereocenters. The van der Waals surface area contributed by atoms with Crippen LogP contribution in [0.2, 0.25) is 0 Å². The third-order valence-electron chi connectivity index (χ3n) is 2.74. The number of amides is 2. The Balaban J connectivity index is 2.31. The molecule has 3 N–H and O–H groups in total. The van der Waals surface area contributed by atoms with Crippen molar-refractivity contribution in [3.63, 3.8) is 0 Å². The quantitative estimate of drug-likeness (QED) is 0.592. The molecule has 0 aromatic heterocycles. The first kappa shape index (κ1) is 15.0. The summed E-state index contributed by atoms with van der Waals surface area (Å²) in [6.45, 7) is 0. The third-order valence-corrected chi connectivity index (χ3v) is 2.74. The van der Waals surface area contributed by atoms with Crippen LogP contribution in [0, 0.1) is 10.1 Å². The van der Waals surface area contributed by atoms with Gasteiger partial charge in [0.1, 0.15) is 0 Å². The normalized spacial score (nSPS) is 9.82. The molecule has 0 unspecified atom stereocenters. The first-order valence-electron chi connectivity index (χ1n) is 6.12. The van der Waals surface area contributed by atoms with Gasteiger partial charge < -0.3 is 10.4 Å². The Hall–Kier alpha value is -3.42. The van der Waals surface area contributed by atoms with Crippen molar-refractivity contribution >= 4 is 29.1 Å². The van der Waals surface area contributed by atoms with E-state index in [0.717, 1.165) is 6.07 Å². The van der Waals surface area contributed by atoms with E-state index in [1.165, 1.54) is 12.1 Å². The number of rotatable bonds is 4. The van der Waals surface area contributed by atoms with E-state index in [1.54, 1.807) is 30.3 Å². The molecular formula is C14H11N3O5. The van der Waals surface area contributed by atoms with Gasteiger partial charge >= 0.3 is 6.09 Å². The van der Waals surface area contributed by atoms with Crippen molar-refractivity contribution in [2.45, 2.75) is 0 Å². The summed E-state index contributed by atoms with van der Waals surface area (Å²) in [6.07, 6.45) is -1.39. The van der Waals surface area contributed by atoms with Crippen molar-refractivity contribution in [2.75, 3.05) is 10.6 Å². The number of carbonyl (C=O) groups is 2. The van der Waals surface area contributed by atoms with Gasteiger partial charge in [-0.05, 0) is 18.2 Å². The molecule has 0 heterocycles. The Bertz CT molecular complexity index is 731. The van der Waals surface area contributed by atoms with Crippen LogP contribution >= 0.6 is 0 Å². The van der Waals surface area contributed by atoms with E-state index in [4.69, 9.17) is 5.11 Å². The molecule has 0 bridgehead atoms. The van der Waals surface area contributed by atoms with Crippen molar-refractivity contribution in [1.82, 2.24) is 0 Å². The summed E-state index contributed by atoms with van der Waals surface area (Å²) in [5, 5.41) is 24.0. The summed E-state index contributed by atoms with van der Waals surface area (Å²) < 4.78 is 0. The van der Waals surface area contributed by atoms with Crippen molar-refractivity contribution in [1.29, 1.82) is 0 Å². The SMILES string of the molecule is O=C(O)Nc1cc([N+](=O)[O-])ccc1NC(=O)c1ccccc1. The number of benzene rings is 2. The lowest BCUT2D eigenvalue weighted by molar-refractivity contribution is -0.384. The molecular weight excluding hydrogens is 290 g/mol. The van der Waals surface area contributed by atoms with E-state index in [-0.39, 0.29) is 17.1 Å². The van der Waals surface area contributed by atoms with Gasteiger partial charge in [-0.15, -0.1) is 0 Å². The molecule has 2 aromatic rings. The molecule has 0 spiro atoms. The maximum Gasteiger partial charge on any atom is 0.409 e. The minimum absolute atomic E-state index is 0.0778. The molecule has 0 aliphatic rings. The number of carboxylic acid groups (broad SMARTS) is 1. The first-order valence-corrected chi connectivity index (χ1v) is 6.12. The maximum atomic E-state index is 12.1. The first-order chi connectivity index (χ1) is 10.5. The van der Waals surface area contributed by atoms with E-state index in [9.17, 15) is 19.7 Å². The van der Waals surface area contributed by atoms with Gasteiger partial charge in [-0.3, -0.25) is 20.2 Å². The zero-order valence-electron chi connectivity index (χ0n) is 11.1. The minimum Gasteiger partial charge on any atom is -0.465 e. The largest absolute Gasteiger partial charge is 0.465 e. The second kappa shape index (κ2) is 6.35. The molecule has 112 valence electrons. The number of nitro groups is 1. The lowest BCUT2D eigenvalue weighted by Gasteiger charge is -2.10. The molecule has 0 saturated carbocycles. The smallest absolute Gasteiger partial charge is 0.409 e. The summed E-state index contributed by atoms with van der Waals surface area (Å²) >= 11 is 0. The fourth-order valence-electron chi connectivity index (χ4n) is 1.76. The molecule has 0 radical (unpaired) electrons. The number of anilines is 2. The Morgan fingerprint density at radius 1 is 1.00 bits per heavy atom. The molecule has 0 saturated heterocycles. The Labute approximate surface area is 124 Å². The number of hydrogen-bond donors (Lipinski definition) is 3. The molecule has 8 heteroatoms. The second-order valence-corrected chi connectivity index (χ2v) is 4.24. The van der Waals surface area contributed by atoms with Crippen LogP contribution in [0.3, 0.4) is 0 Å². The number of non-ortho nitro benzene ring substituents is 1. The van der Waals surface area contributed by atoms with Crippen LogP contribution in [0.25, 0.3) is 0 Å². The van der Waals surface area contributed by atoms with Crippen LogP contribution in [-0.4, -0.2) is 22.0 Å². The average Bonchev–Trinajstić information content (AvgIpc) is 2.49. The van der Waals surface area contributed by atoms with Crippen LogP contribution in [0.1, 0.15) is 10.4 Å². The van der Waals surface area contributed by atoms with Crippen LogP contribution in [0.5, 0.6) is 0 Å². The number of nitro benzene ring substituents is 1. The van der Waals surface area contributed by atoms with Gasteiger partial charge in [0, 0.05) is 17.7 Å². The van der Waals surface area contributed by atoms with E-state index < -0.39 is 16.9 Å². The Kier molecular flexibility index (Phi) is 4.33. The second-order valence-electron chi connectivity index (χ2n) is 4.24. The molecule has 2 aromatic carbocycles. The molecule has 2 amide bonds. The van der Waals surface area contributed by atoms with Crippen molar-refractivity contribution in [2.24, 2.45) is 0 Å². The number of carbonyl (C=O) groups excluding carboxylic acids is 1. The number of hydrogen-bond acceptors (Lipinski definition) is 4. The summed E-state index contributed by atoms with van der Waals surface area (Å²) in [7, 11) is 0. The van der Waals surface area contributed by atoms with E-state index in [1.807, 2.05) is 5.32 Å². The van der Waals surface area contributed by atoms with E-state index in [2.05, 4.69) is 5.32 Å². The van der Waals surface area contributed by atoms with Crippen LogP contribution < -0.4 is 10.6 Å². The highest BCUT2D eigenvalue weighted by Crippen LogP contribution is 2.27. The van der Waals surface area contributed by atoms with E-state index in [0.29, 0.717) is 5.56 Å². The molecule has 2 rings (SSSR count). The summed E-state index contributed by atoms with van der Waals surface area (Å²) in [6, 6.07) is 11.8. The van der Waals surface area contributed by atoms with Gasteiger partial charge in [-0.25, -0.2) is 4.79 Å². The third kappa shape index (κ3) is 3.57. The zero-order chi connectivity index (χ0) is 16.1. The van der Waals surface area contributed by atoms with Gasteiger partial charge in [-0.2, -0.15) is 0 Å². The van der Waals surface area contributed by atoms with Gasteiger partial charge in [0.2, 0.25) is 0 Å². The fourth-order valence-corrected chi connectivity index (χ4v) is 1.76. The van der Waals surface area contributed by atoms with Gasteiger partial charge in [0.05, 0.1) is 16.3 Å². The topological polar surface area (TPSA) is 122 Å². The van der Waals surface area contributed by atoms with Crippen molar-refractivity contribution in [3.05, 3.63) is 64.2 Å². The summed E-state index contributed by atoms with van der Waals surface area (Å²) in [5.41, 5.74) is 0.136. The van der Waals surface area contributed by atoms with Crippen molar-refractivity contribution in [3.8, 4) is 0 Å². The molecule has 8 nitrogen and oxygen atoms in total. The van der Waals surface area contributed by atoms with Gasteiger partial charge in [-0.1, -0.05) is 18.2 Å². The average molecular weight is 301 g/mol. The monoisotopic (exact) mass is 301 g/mol. The van der Waals surface area contributed by atoms with Gasteiger partial charge in [0.25, 0.3) is 11.6 Å². The molecule has 0 aliphatic heterocycles. The minimum atomic E-state index is -1.39. The van der Waals surface area contributed by atoms with Crippen LogP contribution in [0.15, 0.2) is 48.5 Å². The van der Waals surface area contributed by atoms with E-state index >= 15 is 0 Å². The fraction of sp³-hybridized carbons (Fsp3) is 0. The highest BCUT2D eigenvalue weighted by molar-refractivity contribution is 6.06. The number of nitrogens with one attached hydrogen (secondary N) is 2. The molecule has 22 heavy (non-hydrogen) atoms.